The van der Waals surface area contributed by atoms with Gasteiger partial charge in [0.15, 0.2) is 5.17 Å². The van der Waals surface area contributed by atoms with E-state index >= 15 is 0 Å². The zero-order valence-corrected chi connectivity index (χ0v) is 20.8. The van der Waals surface area contributed by atoms with Crippen LogP contribution in [-0.4, -0.2) is 33.0 Å². The number of carbonyl (C=O) groups is 2. The molecule has 1 N–H and O–H groups in total. The third kappa shape index (κ3) is 5.36. The van der Waals surface area contributed by atoms with Crippen LogP contribution in [0, 0.1) is 5.82 Å². The number of anilines is 1. The fourth-order valence-corrected chi connectivity index (χ4v) is 5.44. The van der Waals surface area contributed by atoms with Crippen LogP contribution >= 0.6 is 27.7 Å². The lowest BCUT2D eigenvalue weighted by Crippen LogP contribution is -2.25. The number of rotatable bonds is 5. The van der Waals surface area contributed by atoms with Crippen molar-refractivity contribution in [3.05, 3.63) is 100 Å². The summed E-state index contributed by atoms with van der Waals surface area (Å²) in [5.74, 6) is -0.941. The molecule has 0 saturated carbocycles. The van der Waals surface area contributed by atoms with Crippen molar-refractivity contribution in [2.45, 2.75) is 24.1 Å². The van der Waals surface area contributed by atoms with Crippen molar-refractivity contribution < 1.29 is 14.0 Å². The van der Waals surface area contributed by atoms with Gasteiger partial charge in [0.1, 0.15) is 11.1 Å². The number of halogens is 2. The Morgan fingerprint density at radius 2 is 1.86 bits per heavy atom. The molecule has 6 nitrogen and oxygen atoms in total. The topological polar surface area (TPSA) is 74.1 Å². The fourth-order valence-electron chi connectivity index (χ4n) is 3.98. The van der Waals surface area contributed by atoms with Crippen LogP contribution in [0.3, 0.4) is 0 Å². The number of hydrogen-bond donors (Lipinski definition) is 1. The number of benzene rings is 3. The number of carbonyl (C=O) groups excluding carboxylic acids is 2. The van der Waals surface area contributed by atoms with Gasteiger partial charge >= 0.3 is 0 Å². The summed E-state index contributed by atoms with van der Waals surface area (Å²) in [5, 5.41) is 9.15. The van der Waals surface area contributed by atoms with E-state index in [9.17, 15) is 14.0 Å². The lowest BCUT2D eigenvalue weighted by Gasteiger charge is -2.23. The van der Waals surface area contributed by atoms with Gasteiger partial charge in [-0.1, -0.05) is 70.2 Å². The molecule has 2 amide bonds. The first kappa shape index (κ1) is 23.4. The highest BCUT2D eigenvalue weighted by Crippen LogP contribution is 2.38. The van der Waals surface area contributed by atoms with Crippen LogP contribution in [0.2, 0.25) is 0 Å². The minimum atomic E-state index is -0.632. The maximum atomic E-state index is 13.6. The van der Waals surface area contributed by atoms with Gasteiger partial charge < -0.3 is 5.32 Å². The molecule has 5 rings (SSSR count). The molecular formula is C26H20BrFN4O2S. The predicted molar refractivity (Wildman–Crippen MR) is 140 cm³/mol. The third-order valence-electron chi connectivity index (χ3n) is 5.68. The van der Waals surface area contributed by atoms with Gasteiger partial charge in [-0.05, 0) is 47.5 Å². The lowest BCUT2D eigenvalue weighted by molar-refractivity contribution is -0.121. The summed E-state index contributed by atoms with van der Waals surface area (Å²) >= 11 is 4.73. The molecule has 2 aliphatic heterocycles. The van der Waals surface area contributed by atoms with E-state index in [1.54, 1.807) is 29.3 Å². The van der Waals surface area contributed by atoms with Crippen LogP contribution < -0.4 is 5.32 Å². The van der Waals surface area contributed by atoms with Gasteiger partial charge in [-0.15, -0.1) is 0 Å². The quantitative estimate of drug-likeness (QED) is 0.437. The second kappa shape index (κ2) is 10.1. The molecule has 176 valence electrons. The van der Waals surface area contributed by atoms with Crippen molar-refractivity contribution in [2.75, 3.05) is 5.32 Å². The SMILES string of the molecule is O=C(C[C@@H]1SC(N2N=C(c3cccc(Br)c3)C[C@H]2c2ccc(F)cc2)=NC1=O)Nc1ccccc1. The summed E-state index contributed by atoms with van der Waals surface area (Å²) in [7, 11) is 0. The van der Waals surface area contributed by atoms with E-state index in [0.29, 0.717) is 17.3 Å². The predicted octanol–water partition coefficient (Wildman–Crippen LogP) is 5.77. The number of aliphatic imine (C=N–C) groups is 1. The van der Waals surface area contributed by atoms with Gasteiger partial charge in [0.25, 0.3) is 5.91 Å². The van der Waals surface area contributed by atoms with E-state index in [2.05, 4.69) is 26.2 Å². The van der Waals surface area contributed by atoms with Gasteiger partial charge in [0.05, 0.1) is 11.8 Å². The Hall–Kier alpha value is -3.30. The fraction of sp³-hybridized carbons (Fsp3) is 0.154. The molecule has 0 aromatic heterocycles. The maximum absolute atomic E-state index is 13.6. The lowest BCUT2D eigenvalue weighted by atomic mass is 9.98. The summed E-state index contributed by atoms with van der Waals surface area (Å²) in [4.78, 5) is 29.5. The van der Waals surface area contributed by atoms with Gasteiger partial charge in [-0.25, -0.2) is 9.40 Å². The molecule has 35 heavy (non-hydrogen) atoms. The molecule has 0 radical (unpaired) electrons. The zero-order valence-electron chi connectivity index (χ0n) is 18.4. The molecule has 2 atom stereocenters. The Balaban J connectivity index is 1.37. The summed E-state index contributed by atoms with van der Waals surface area (Å²) in [6.45, 7) is 0. The Morgan fingerprint density at radius 3 is 2.60 bits per heavy atom. The highest BCUT2D eigenvalue weighted by molar-refractivity contribution is 9.10. The van der Waals surface area contributed by atoms with Crippen molar-refractivity contribution in [2.24, 2.45) is 10.1 Å². The van der Waals surface area contributed by atoms with Crippen LogP contribution in [0.4, 0.5) is 10.1 Å². The number of hydrogen-bond acceptors (Lipinski definition) is 5. The van der Waals surface area contributed by atoms with E-state index < -0.39 is 5.25 Å². The summed E-state index contributed by atoms with van der Waals surface area (Å²) in [6.07, 6.45) is 0.567. The van der Waals surface area contributed by atoms with Crippen molar-refractivity contribution in [1.82, 2.24) is 5.01 Å². The average molecular weight is 551 g/mol. The number of para-hydroxylation sites is 1. The number of nitrogens with zero attached hydrogens (tertiary/aromatic N) is 3. The molecule has 3 aromatic carbocycles. The number of hydrazone groups is 1. The second-order valence-corrected chi connectivity index (χ2v) is 10.2. The Bertz CT molecular complexity index is 1330. The van der Waals surface area contributed by atoms with Crippen LogP contribution in [0.1, 0.15) is 30.0 Å². The smallest absolute Gasteiger partial charge is 0.262 e. The highest BCUT2D eigenvalue weighted by atomic mass is 79.9. The number of thioether (sulfide) groups is 1. The van der Waals surface area contributed by atoms with Crippen LogP contribution in [0.15, 0.2) is 93.4 Å². The normalized spacial score (nSPS) is 19.5. The molecule has 0 aliphatic carbocycles. The summed E-state index contributed by atoms with van der Waals surface area (Å²) < 4.78 is 14.5. The first-order valence-electron chi connectivity index (χ1n) is 11.0. The summed E-state index contributed by atoms with van der Waals surface area (Å²) in [5.41, 5.74) is 3.32. The monoisotopic (exact) mass is 550 g/mol. The Morgan fingerprint density at radius 1 is 1.09 bits per heavy atom. The average Bonchev–Trinajstić information content (AvgIpc) is 3.44. The van der Waals surface area contributed by atoms with E-state index in [1.807, 2.05) is 42.5 Å². The van der Waals surface area contributed by atoms with Crippen molar-refractivity contribution >= 4 is 56.1 Å². The zero-order chi connectivity index (χ0) is 24.4. The van der Waals surface area contributed by atoms with Gasteiger partial charge in [-0.3, -0.25) is 9.59 Å². The molecule has 2 aliphatic rings. The molecule has 3 aromatic rings. The molecule has 9 heteroatoms. The maximum Gasteiger partial charge on any atom is 0.262 e. The first-order valence-corrected chi connectivity index (χ1v) is 12.7. The highest BCUT2D eigenvalue weighted by Gasteiger charge is 2.39. The number of nitrogens with one attached hydrogen (secondary N) is 1. The molecular weight excluding hydrogens is 531 g/mol. The van der Waals surface area contributed by atoms with Gasteiger partial charge in [-0.2, -0.15) is 10.1 Å². The van der Waals surface area contributed by atoms with Crippen molar-refractivity contribution in [3.63, 3.8) is 0 Å². The van der Waals surface area contributed by atoms with Crippen LogP contribution in [-0.2, 0) is 9.59 Å². The molecule has 0 bridgehead atoms. The second-order valence-electron chi connectivity index (χ2n) is 8.13. The number of amides is 2. The Labute approximate surface area is 214 Å². The molecule has 0 spiro atoms. The summed E-state index contributed by atoms with van der Waals surface area (Å²) in [6, 6.07) is 23.0. The first-order chi connectivity index (χ1) is 17.0. The minimum Gasteiger partial charge on any atom is -0.326 e. The minimum absolute atomic E-state index is 0.00263. The number of amidine groups is 1. The van der Waals surface area contributed by atoms with Gasteiger partial charge in [0, 0.05) is 23.0 Å². The van der Waals surface area contributed by atoms with E-state index in [-0.39, 0.29) is 30.1 Å². The van der Waals surface area contributed by atoms with Crippen molar-refractivity contribution in [3.8, 4) is 0 Å². The van der Waals surface area contributed by atoms with Crippen LogP contribution in [0.25, 0.3) is 0 Å². The molecule has 2 heterocycles. The molecule has 0 saturated heterocycles. The van der Waals surface area contributed by atoms with E-state index in [0.717, 1.165) is 21.3 Å². The van der Waals surface area contributed by atoms with E-state index in [4.69, 9.17) is 5.10 Å². The standard InChI is InChI=1S/C26H20BrFN4O2S/c27-18-6-4-5-17(13-18)21-14-22(16-9-11-19(28)12-10-16)32(31-21)26-30-25(34)23(35-26)15-24(33)29-20-7-2-1-3-8-20/h1-13,22-23H,14-15H2,(H,29,33)/t22-,23-/m0/s1. The molecule has 0 unspecified atom stereocenters. The largest absolute Gasteiger partial charge is 0.326 e. The Kier molecular flexibility index (Phi) is 6.79. The molecule has 0 fully saturated rings. The van der Waals surface area contributed by atoms with Crippen LogP contribution in [0.5, 0.6) is 0 Å². The third-order valence-corrected chi connectivity index (χ3v) is 7.31. The van der Waals surface area contributed by atoms with Crippen molar-refractivity contribution in [1.29, 1.82) is 0 Å². The van der Waals surface area contributed by atoms with Gasteiger partial charge in [0.2, 0.25) is 5.91 Å². The van der Waals surface area contributed by atoms with E-state index in [1.165, 1.54) is 23.9 Å².